The lowest BCUT2D eigenvalue weighted by Gasteiger charge is -2.72. The van der Waals surface area contributed by atoms with Crippen LogP contribution in [0.25, 0.3) is 0 Å². The number of ketones is 1. The standard InChI is InChI=1S/C50H71ClN2O8/c1-27(2)38-33(54)25-50(36(55)26-52-43(60)46(7,8)53-40(56)28-13-12-14-29(51)23-28)22-21-48(10)30(39(38)50)15-16-35-47(9)19-18-37(45(5,6)34(47)17-20-49(35,48)11)61-42(59)32-24-31(41(57)58)44(32,3)4/h12-14,23,27,30-32,34-37,55H,15-22,24-26H2,1-11H3,(H,52,60)(H,53,56)(H,57,58)/t30-,31+,32-,34+,35-,36+,37+,47+,48-,49-,50+/m1/s1. The van der Waals surface area contributed by atoms with Gasteiger partial charge in [0.1, 0.15) is 11.6 Å². The molecule has 0 heterocycles. The number of carboxylic acids is 1. The monoisotopic (exact) mass is 862 g/mol. The van der Waals surface area contributed by atoms with Gasteiger partial charge >= 0.3 is 11.9 Å². The van der Waals surface area contributed by atoms with Crippen LogP contribution in [0.3, 0.4) is 0 Å². The first-order valence-electron chi connectivity index (χ1n) is 22.9. The SMILES string of the molecule is CC(C)C1=C2[C@H]3CC[C@@H]4[C@@]5(C)CC[C@H](OC(=O)[C@H]6C[C@@H](C(=O)O)C6(C)C)C(C)(C)[C@@H]5CC[C@@]4(C)[C@]3(C)CC[C@@]2([C@@H](O)CNC(=O)C(C)(C)NC(=O)c2cccc(Cl)c2)CC1=O. The van der Waals surface area contributed by atoms with E-state index in [-0.39, 0.29) is 64.3 Å². The van der Waals surface area contributed by atoms with E-state index in [4.69, 9.17) is 16.3 Å². The summed E-state index contributed by atoms with van der Waals surface area (Å²) in [7, 11) is 0. The molecule has 11 atom stereocenters. The summed E-state index contributed by atoms with van der Waals surface area (Å²) in [6.07, 6.45) is 6.50. The quantitative estimate of drug-likeness (QED) is 0.170. The van der Waals surface area contributed by atoms with Gasteiger partial charge in [-0.05, 0) is 141 Å². The molecule has 336 valence electrons. The van der Waals surface area contributed by atoms with Gasteiger partial charge in [0.2, 0.25) is 5.91 Å². The molecule has 0 bridgehead atoms. The van der Waals surface area contributed by atoms with Gasteiger partial charge in [-0.25, -0.2) is 0 Å². The number of hydrogen-bond donors (Lipinski definition) is 4. The molecule has 0 spiro atoms. The van der Waals surface area contributed by atoms with Crippen LogP contribution < -0.4 is 10.6 Å². The molecule has 0 aliphatic heterocycles. The van der Waals surface area contributed by atoms with Gasteiger partial charge in [0.05, 0.1) is 17.9 Å². The van der Waals surface area contributed by atoms with Gasteiger partial charge in [0.15, 0.2) is 5.78 Å². The summed E-state index contributed by atoms with van der Waals surface area (Å²) in [6.45, 7) is 23.2. The van der Waals surface area contributed by atoms with E-state index in [2.05, 4.69) is 59.1 Å². The first-order valence-corrected chi connectivity index (χ1v) is 23.3. The number of esters is 1. The van der Waals surface area contributed by atoms with Crippen molar-refractivity contribution < 1.29 is 38.9 Å². The summed E-state index contributed by atoms with van der Waals surface area (Å²) in [5.74, 6) is -1.97. The number of carbonyl (C=O) groups excluding carboxylic acids is 4. The number of benzene rings is 1. The number of Topliss-reactive ketones (excluding diaryl/α,β-unsaturated/α-hetero) is 1. The Balaban J connectivity index is 1.10. The minimum Gasteiger partial charge on any atom is -0.481 e. The number of amides is 2. The molecular weight excluding hydrogens is 792 g/mol. The minimum atomic E-state index is -1.29. The van der Waals surface area contributed by atoms with Crippen molar-refractivity contribution >= 4 is 41.1 Å². The first-order chi connectivity index (χ1) is 28.2. The van der Waals surface area contributed by atoms with Gasteiger partial charge in [-0.2, -0.15) is 0 Å². The lowest BCUT2D eigenvalue weighted by atomic mass is 9.33. The number of carbonyl (C=O) groups is 5. The molecule has 0 radical (unpaired) electrons. The number of hydrogen-bond acceptors (Lipinski definition) is 7. The Hall–Kier alpha value is -3.24. The van der Waals surface area contributed by atoms with E-state index in [0.717, 1.165) is 56.1 Å². The van der Waals surface area contributed by atoms with Crippen LogP contribution in [0.5, 0.6) is 0 Å². The van der Waals surface area contributed by atoms with Crippen molar-refractivity contribution in [3.8, 4) is 0 Å². The molecule has 0 saturated heterocycles. The fraction of sp³-hybridized carbons (Fsp3) is 0.740. The number of aliphatic hydroxyl groups is 1. The van der Waals surface area contributed by atoms with E-state index in [1.807, 2.05) is 13.8 Å². The van der Waals surface area contributed by atoms with Gasteiger partial charge in [-0.1, -0.05) is 85.6 Å². The maximum atomic E-state index is 14.2. The molecule has 10 nitrogen and oxygen atoms in total. The number of ether oxygens (including phenoxy) is 1. The number of allylic oxidation sites excluding steroid dienone is 1. The van der Waals surface area contributed by atoms with Crippen molar-refractivity contribution in [2.75, 3.05) is 6.54 Å². The highest BCUT2D eigenvalue weighted by atomic mass is 35.5. The molecule has 6 aliphatic carbocycles. The van der Waals surface area contributed by atoms with Crippen LogP contribution >= 0.6 is 11.6 Å². The Morgan fingerprint density at radius 3 is 2.20 bits per heavy atom. The molecule has 4 N–H and O–H groups in total. The third-order valence-corrected chi connectivity index (χ3v) is 18.9. The van der Waals surface area contributed by atoms with E-state index in [0.29, 0.717) is 35.3 Å². The van der Waals surface area contributed by atoms with Gasteiger partial charge in [-0.3, -0.25) is 24.0 Å². The van der Waals surface area contributed by atoms with E-state index in [1.165, 1.54) is 0 Å². The van der Waals surface area contributed by atoms with Crippen LogP contribution in [-0.4, -0.2) is 64.0 Å². The second-order valence-electron chi connectivity index (χ2n) is 23.0. The third kappa shape index (κ3) is 6.93. The van der Waals surface area contributed by atoms with E-state index in [9.17, 15) is 34.2 Å². The van der Waals surface area contributed by atoms with E-state index < -0.39 is 52.1 Å². The van der Waals surface area contributed by atoms with Crippen LogP contribution in [0, 0.1) is 68.0 Å². The molecule has 5 saturated carbocycles. The van der Waals surface area contributed by atoms with Crippen molar-refractivity contribution in [3.63, 3.8) is 0 Å². The largest absolute Gasteiger partial charge is 0.481 e. The van der Waals surface area contributed by atoms with Crippen molar-refractivity contribution in [3.05, 3.63) is 46.0 Å². The Morgan fingerprint density at radius 1 is 0.885 bits per heavy atom. The Bertz CT molecular complexity index is 2040. The molecule has 5 fully saturated rings. The summed E-state index contributed by atoms with van der Waals surface area (Å²) in [5.41, 5.74) is -0.806. The van der Waals surface area contributed by atoms with Crippen molar-refractivity contribution in [2.45, 2.75) is 158 Å². The molecular formula is C50H71ClN2O8. The van der Waals surface area contributed by atoms with Gasteiger partial charge in [-0.15, -0.1) is 0 Å². The molecule has 7 rings (SSSR count). The highest BCUT2D eigenvalue weighted by molar-refractivity contribution is 6.31. The Labute approximate surface area is 368 Å². The number of carboxylic acid groups (broad SMARTS) is 1. The van der Waals surface area contributed by atoms with Crippen molar-refractivity contribution in [2.24, 2.45) is 68.0 Å². The lowest BCUT2D eigenvalue weighted by Crippen LogP contribution is -2.66. The molecule has 2 amide bonds. The summed E-state index contributed by atoms with van der Waals surface area (Å²) in [6, 6.07) is 6.54. The maximum absolute atomic E-state index is 14.2. The van der Waals surface area contributed by atoms with Crippen molar-refractivity contribution in [1.29, 1.82) is 0 Å². The van der Waals surface area contributed by atoms with Gasteiger partial charge < -0.3 is 25.6 Å². The van der Waals surface area contributed by atoms with Gasteiger partial charge in [0.25, 0.3) is 5.91 Å². The number of nitrogens with one attached hydrogen (secondary N) is 2. The van der Waals surface area contributed by atoms with Crippen LogP contribution in [-0.2, 0) is 23.9 Å². The molecule has 61 heavy (non-hydrogen) atoms. The molecule has 1 aromatic rings. The van der Waals surface area contributed by atoms with Crippen LogP contribution in [0.4, 0.5) is 0 Å². The smallest absolute Gasteiger partial charge is 0.309 e. The second kappa shape index (κ2) is 15.2. The highest BCUT2D eigenvalue weighted by Gasteiger charge is 2.71. The van der Waals surface area contributed by atoms with E-state index >= 15 is 0 Å². The molecule has 1 aromatic carbocycles. The number of halogens is 1. The zero-order valence-corrected chi connectivity index (χ0v) is 39.2. The second-order valence-corrected chi connectivity index (χ2v) is 23.4. The average Bonchev–Trinajstić information content (AvgIpc) is 3.47. The maximum Gasteiger partial charge on any atom is 0.309 e. The topological polar surface area (TPSA) is 159 Å². The number of fused-ring (bicyclic) bond motifs is 7. The highest BCUT2D eigenvalue weighted by Crippen LogP contribution is 2.77. The normalized spacial score (nSPS) is 37.9. The fourth-order valence-electron chi connectivity index (χ4n) is 14.9. The Kier molecular flexibility index (Phi) is 11.4. The van der Waals surface area contributed by atoms with Crippen LogP contribution in [0.1, 0.15) is 151 Å². The molecule has 11 heteroatoms. The summed E-state index contributed by atoms with van der Waals surface area (Å²) >= 11 is 6.11. The summed E-state index contributed by atoms with van der Waals surface area (Å²) in [4.78, 5) is 66.4. The zero-order valence-electron chi connectivity index (χ0n) is 38.4. The third-order valence-electron chi connectivity index (χ3n) is 18.7. The minimum absolute atomic E-state index is 0.00557. The average molecular weight is 864 g/mol. The Morgan fingerprint density at radius 2 is 1.57 bits per heavy atom. The van der Waals surface area contributed by atoms with Gasteiger partial charge in [0, 0.05) is 34.4 Å². The zero-order chi connectivity index (χ0) is 45.0. The fourth-order valence-corrected chi connectivity index (χ4v) is 15.1. The number of rotatable bonds is 10. The van der Waals surface area contributed by atoms with Crippen molar-refractivity contribution in [1.82, 2.24) is 10.6 Å². The van der Waals surface area contributed by atoms with Crippen LogP contribution in [0.15, 0.2) is 35.4 Å². The predicted octanol–water partition coefficient (Wildman–Crippen LogP) is 8.96. The molecule has 6 aliphatic rings. The number of aliphatic hydroxyl groups excluding tert-OH is 1. The first kappa shape index (κ1) is 45.8. The summed E-state index contributed by atoms with van der Waals surface area (Å²) < 4.78 is 6.41. The van der Waals surface area contributed by atoms with E-state index in [1.54, 1.807) is 38.1 Å². The number of aliphatic carboxylic acids is 1. The lowest BCUT2D eigenvalue weighted by molar-refractivity contribution is -0.238. The molecule has 0 aromatic heterocycles. The molecule has 0 unspecified atom stereocenters. The van der Waals surface area contributed by atoms with Crippen LogP contribution in [0.2, 0.25) is 5.02 Å². The summed E-state index contributed by atoms with van der Waals surface area (Å²) in [5, 5.41) is 28.2. The predicted molar refractivity (Wildman–Crippen MR) is 234 cm³/mol.